The number of amides is 1. The number of hydrogen-bond donors (Lipinski definition) is 0. The van der Waals surface area contributed by atoms with E-state index in [1.54, 1.807) is 6.92 Å². The Bertz CT molecular complexity index is 376. The number of fused-ring (bicyclic) bond motifs is 1. The maximum absolute atomic E-state index is 11.3. The number of carbonyl (C=O) groups is 1. The third-order valence-electron chi connectivity index (χ3n) is 2.60. The molecule has 0 saturated carbocycles. The Labute approximate surface area is 85.3 Å². The minimum atomic E-state index is 0.107. The lowest BCUT2D eigenvalue weighted by molar-refractivity contribution is -0.116. The molecule has 2 radical (unpaired) electrons. The number of rotatable bonds is 0. The van der Waals surface area contributed by atoms with Gasteiger partial charge in [-0.05, 0) is 24.5 Å². The second kappa shape index (κ2) is 3.48. The fourth-order valence-corrected chi connectivity index (χ4v) is 1.94. The largest absolute Gasteiger partial charge is 0.312 e. The Kier molecular flexibility index (Phi) is 2.32. The van der Waals surface area contributed by atoms with Gasteiger partial charge in [0, 0.05) is 19.2 Å². The predicted molar refractivity (Wildman–Crippen MR) is 58.2 cm³/mol. The molecule has 0 atom stereocenters. The lowest BCUT2D eigenvalue weighted by Gasteiger charge is -2.28. The number of benzene rings is 1. The van der Waals surface area contributed by atoms with Gasteiger partial charge >= 0.3 is 0 Å². The average molecular weight is 185 g/mol. The minimum absolute atomic E-state index is 0.107. The van der Waals surface area contributed by atoms with Crippen LogP contribution < -0.4 is 10.4 Å². The van der Waals surface area contributed by atoms with Crippen LogP contribution in [0.15, 0.2) is 18.2 Å². The van der Waals surface area contributed by atoms with Crippen molar-refractivity contribution in [3.63, 3.8) is 0 Å². The van der Waals surface area contributed by atoms with Crippen molar-refractivity contribution in [1.29, 1.82) is 0 Å². The van der Waals surface area contributed by atoms with Gasteiger partial charge in [0.2, 0.25) is 5.91 Å². The van der Waals surface area contributed by atoms with Crippen molar-refractivity contribution in [2.75, 3.05) is 11.4 Å². The molecule has 14 heavy (non-hydrogen) atoms. The van der Waals surface area contributed by atoms with E-state index >= 15 is 0 Å². The highest BCUT2D eigenvalue weighted by Gasteiger charge is 2.19. The number of nitrogens with zero attached hydrogens (tertiary/aromatic N) is 1. The van der Waals surface area contributed by atoms with E-state index in [1.807, 2.05) is 23.1 Å². The van der Waals surface area contributed by atoms with Crippen LogP contribution in [0.4, 0.5) is 5.69 Å². The molecule has 0 bridgehead atoms. The molecular formula is C11H12BNO. The number of carbonyl (C=O) groups excluding carboxylic acids is 1. The van der Waals surface area contributed by atoms with Crippen LogP contribution >= 0.6 is 0 Å². The van der Waals surface area contributed by atoms with Crippen LogP contribution in [0.1, 0.15) is 18.9 Å². The van der Waals surface area contributed by atoms with Gasteiger partial charge in [0.25, 0.3) is 0 Å². The van der Waals surface area contributed by atoms with Crippen LogP contribution in [-0.4, -0.2) is 20.3 Å². The van der Waals surface area contributed by atoms with Crippen LogP contribution in [-0.2, 0) is 11.2 Å². The SMILES string of the molecule is [B]c1ccc2c(c1)CCCN2C(C)=O. The first kappa shape index (κ1) is 9.32. The van der Waals surface area contributed by atoms with E-state index in [2.05, 4.69) is 0 Å². The molecule has 0 aromatic heterocycles. The molecule has 0 saturated heterocycles. The van der Waals surface area contributed by atoms with E-state index in [0.29, 0.717) is 0 Å². The Morgan fingerprint density at radius 2 is 2.29 bits per heavy atom. The molecule has 2 rings (SSSR count). The van der Waals surface area contributed by atoms with Crippen molar-refractivity contribution >= 4 is 24.9 Å². The standard InChI is InChI=1S/C11H12BNO/c1-8(14)13-6-2-3-9-7-10(12)4-5-11(9)13/h4-5,7H,2-3,6H2,1H3. The zero-order valence-corrected chi connectivity index (χ0v) is 8.29. The molecule has 1 aliphatic rings. The maximum atomic E-state index is 11.3. The van der Waals surface area contributed by atoms with Gasteiger partial charge in [-0.15, -0.1) is 0 Å². The number of hydrogen-bond acceptors (Lipinski definition) is 1. The lowest BCUT2D eigenvalue weighted by atomic mass is 9.90. The summed E-state index contributed by atoms with van der Waals surface area (Å²) in [5.41, 5.74) is 2.98. The van der Waals surface area contributed by atoms with Gasteiger partial charge < -0.3 is 4.90 Å². The molecule has 3 heteroatoms. The second-order valence-corrected chi connectivity index (χ2v) is 3.66. The summed E-state index contributed by atoms with van der Waals surface area (Å²) in [4.78, 5) is 13.2. The summed E-state index contributed by atoms with van der Waals surface area (Å²) in [6.45, 7) is 2.43. The fraction of sp³-hybridized carbons (Fsp3) is 0.364. The van der Waals surface area contributed by atoms with Crippen LogP contribution in [0.2, 0.25) is 0 Å². The molecule has 1 amide bonds. The normalized spacial score (nSPS) is 15.1. The molecule has 70 valence electrons. The first-order valence-electron chi connectivity index (χ1n) is 4.85. The molecule has 2 nitrogen and oxygen atoms in total. The summed E-state index contributed by atoms with van der Waals surface area (Å²) in [5, 5.41) is 0. The zero-order chi connectivity index (χ0) is 10.1. The highest BCUT2D eigenvalue weighted by Crippen LogP contribution is 2.25. The van der Waals surface area contributed by atoms with Gasteiger partial charge in [-0.3, -0.25) is 4.79 Å². The molecule has 0 unspecified atom stereocenters. The molecule has 0 fully saturated rings. The third-order valence-corrected chi connectivity index (χ3v) is 2.60. The molecule has 0 aliphatic carbocycles. The topological polar surface area (TPSA) is 20.3 Å². The molecule has 1 aliphatic heterocycles. The lowest BCUT2D eigenvalue weighted by Crippen LogP contribution is -2.34. The van der Waals surface area contributed by atoms with Crippen molar-refractivity contribution < 1.29 is 4.79 Å². The van der Waals surface area contributed by atoms with Crippen molar-refractivity contribution in [3.8, 4) is 0 Å². The minimum Gasteiger partial charge on any atom is -0.312 e. The average Bonchev–Trinajstić information content (AvgIpc) is 2.16. The van der Waals surface area contributed by atoms with E-state index in [0.717, 1.165) is 30.5 Å². The van der Waals surface area contributed by atoms with Gasteiger partial charge in [0.05, 0.1) is 0 Å². The van der Waals surface area contributed by atoms with Crippen LogP contribution in [0, 0.1) is 0 Å². The third kappa shape index (κ3) is 1.54. The number of anilines is 1. The van der Waals surface area contributed by atoms with Crippen molar-refractivity contribution in [3.05, 3.63) is 23.8 Å². The Balaban J connectivity index is 2.44. The summed E-state index contributed by atoms with van der Waals surface area (Å²) in [6, 6.07) is 5.75. The summed E-state index contributed by atoms with van der Waals surface area (Å²) in [6.07, 6.45) is 2.04. The molecular weight excluding hydrogens is 173 g/mol. The van der Waals surface area contributed by atoms with Gasteiger partial charge in [0.1, 0.15) is 7.85 Å². The van der Waals surface area contributed by atoms with Gasteiger partial charge in [-0.25, -0.2) is 0 Å². The van der Waals surface area contributed by atoms with Crippen molar-refractivity contribution in [1.82, 2.24) is 0 Å². The Morgan fingerprint density at radius 1 is 1.50 bits per heavy atom. The first-order chi connectivity index (χ1) is 6.68. The van der Waals surface area contributed by atoms with Gasteiger partial charge in [0.15, 0.2) is 0 Å². The molecule has 0 N–H and O–H groups in total. The van der Waals surface area contributed by atoms with Crippen molar-refractivity contribution in [2.24, 2.45) is 0 Å². The Hall–Kier alpha value is -1.25. The highest BCUT2D eigenvalue weighted by atomic mass is 16.2. The second-order valence-electron chi connectivity index (χ2n) is 3.66. The van der Waals surface area contributed by atoms with Gasteiger partial charge in [-0.1, -0.05) is 17.6 Å². The molecule has 1 heterocycles. The van der Waals surface area contributed by atoms with E-state index in [1.165, 1.54) is 5.56 Å². The van der Waals surface area contributed by atoms with Crippen molar-refractivity contribution in [2.45, 2.75) is 19.8 Å². The van der Waals surface area contributed by atoms with E-state index in [9.17, 15) is 4.79 Å². The summed E-state index contributed by atoms with van der Waals surface area (Å²) in [5.74, 6) is 0.107. The monoisotopic (exact) mass is 185 g/mol. The highest BCUT2D eigenvalue weighted by molar-refractivity contribution is 6.32. The smallest absolute Gasteiger partial charge is 0.223 e. The summed E-state index contributed by atoms with van der Waals surface area (Å²) >= 11 is 0. The predicted octanol–water partition coefficient (Wildman–Crippen LogP) is 0.780. The maximum Gasteiger partial charge on any atom is 0.223 e. The molecule has 1 aromatic carbocycles. The molecule has 0 spiro atoms. The zero-order valence-electron chi connectivity index (χ0n) is 8.29. The molecule has 1 aromatic rings. The van der Waals surface area contributed by atoms with Gasteiger partial charge in [-0.2, -0.15) is 0 Å². The fourth-order valence-electron chi connectivity index (χ4n) is 1.94. The van der Waals surface area contributed by atoms with E-state index in [-0.39, 0.29) is 5.91 Å². The van der Waals surface area contributed by atoms with E-state index < -0.39 is 0 Å². The summed E-state index contributed by atoms with van der Waals surface area (Å²) < 4.78 is 0. The van der Waals surface area contributed by atoms with Crippen LogP contribution in [0.5, 0.6) is 0 Å². The van der Waals surface area contributed by atoms with E-state index in [4.69, 9.17) is 7.85 Å². The number of aryl methyl sites for hydroxylation is 1. The first-order valence-corrected chi connectivity index (χ1v) is 4.85. The summed E-state index contributed by atoms with van der Waals surface area (Å²) in [7, 11) is 5.70. The van der Waals surface area contributed by atoms with Crippen LogP contribution in [0.25, 0.3) is 0 Å². The quantitative estimate of drug-likeness (QED) is 0.547. The Morgan fingerprint density at radius 3 is 3.00 bits per heavy atom. The van der Waals surface area contributed by atoms with Crippen LogP contribution in [0.3, 0.4) is 0 Å².